The van der Waals surface area contributed by atoms with Gasteiger partial charge in [0, 0.05) is 18.3 Å². The molecule has 14 heavy (non-hydrogen) atoms. The van der Waals surface area contributed by atoms with E-state index in [0.29, 0.717) is 24.5 Å². The van der Waals surface area contributed by atoms with Crippen molar-refractivity contribution in [2.75, 3.05) is 0 Å². The standard InChI is InChI=1S/C12H22O2/c1-8(2)11(7-6-10(5)13)12(14)9(3)4/h8-9,11H,6-7H2,1-5H3. The Morgan fingerprint density at radius 2 is 1.57 bits per heavy atom. The maximum atomic E-state index is 11.8. The molecule has 0 radical (unpaired) electrons. The summed E-state index contributed by atoms with van der Waals surface area (Å²) in [4.78, 5) is 22.6. The molecule has 1 unspecified atom stereocenters. The summed E-state index contributed by atoms with van der Waals surface area (Å²) < 4.78 is 0. The van der Waals surface area contributed by atoms with E-state index in [1.54, 1.807) is 6.92 Å². The van der Waals surface area contributed by atoms with E-state index < -0.39 is 0 Å². The third-order valence-corrected chi connectivity index (χ3v) is 2.55. The van der Waals surface area contributed by atoms with Crippen molar-refractivity contribution >= 4 is 11.6 Å². The van der Waals surface area contributed by atoms with Crippen LogP contribution in [0.3, 0.4) is 0 Å². The second-order valence-corrected chi connectivity index (χ2v) is 4.65. The van der Waals surface area contributed by atoms with Gasteiger partial charge in [0.1, 0.15) is 11.6 Å². The van der Waals surface area contributed by atoms with E-state index in [0.717, 1.165) is 0 Å². The molecule has 0 spiro atoms. The van der Waals surface area contributed by atoms with Crippen LogP contribution in [0.15, 0.2) is 0 Å². The fraction of sp³-hybridized carbons (Fsp3) is 0.833. The first-order valence-electron chi connectivity index (χ1n) is 5.39. The minimum atomic E-state index is 0.0545. The van der Waals surface area contributed by atoms with Crippen LogP contribution in [0.4, 0.5) is 0 Å². The van der Waals surface area contributed by atoms with Crippen LogP contribution in [-0.2, 0) is 9.59 Å². The average molecular weight is 198 g/mol. The lowest BCUT2D eigenvalue weighted by Gasteiger charge is -2.20. The molecule has 2 nitrogen and oxygen atoms in total. The van der Waals surface area contributed by atoms with Gasteiger partial charge in [-0.3, -0.25) is 4.79 Å². The molecule has 0 amide bonds. The zero-order chi connectivity index (χ0) is 11.3. The average Bonchev–Trinajstić information content (AvgIpc) is 2.02. The Morgan fingerprint density at radius 3 is 1.86 bits per heavy atom. The van der Waals surface area contributed by atoms with Gasteiger partial charge in [0.25, 0.3) is 0 Å². The second-order valence-electron chi connectivity index (χ2n) is 4.65. The highest BCUT2D eigenvalue weighted by molar-refractivity contribution is 5.84. The number of carbonyl (C=O) groups excluding carboxylic acids is 2. The molecule has 0 saturated carbocycles. The molecular formula is C12H22O2. The summed E-state index contributed by atoms with van der Waals surface area (Å²) >= 11 is 0. The number of rotatable bonds is 6. The van der Waals surface area contributed by atoms with Crippen LogP contribution < -0.4 is 0 Å². The first-order valence-corrected chi connectivity index (χ1v) is 5.39. The van der Waals surface area contributed by atoms with Gasteiger partial charge in [-0.25, -0.2) is 0 Å². The molecule has 0 aliphatic heterocycles. The minimum absolute atomic E-state index is 0.0545. The minimum Gasteiger partial charge on any atom is -0.300 e. The Bertz CT molecular complexity index is 204. The number of hydrogen-bond donors (Lipinski definition) is 0. The van der Waals surface area contributed by atoms with Crippen molar-refractivity contribution < 1.29 is 9.59 Å². The number of hydrogen-bond acceptors (Lipinski definition) is 2. The van der Waals surface area contributed by atoms with Crippen LogP contribution in [0.2, 0.25) is 0 Å². The molecule has 0 aromatic rings. The predicted molar refractivity (Wildman–Crippen MR) is 58.1 cm³/mol. The van der Waals surface area contributed by atoms with E-state index in [1.165, 1.54) is 0 Å². The fourth-order valence-corrected chi connectivity index (χ4v) is 1.59. The van der Waals surface area contributed by atoms with Gasteiger partial charge in [0.05, 0.1) is 0 Å². The van der Waals surface area contributed by atoms with Gasteiger partial charge >= 0.3 is 0 Å². The highest BCUT2D eigenvalue weighted by Crippen LogP contribution is 2.21. The summed E-state index contributed by atoms with van der Waals surface area (Å²) in [5, 5.41) is 0. The maximum absolute atomic E-state index is 11.8. The summed E-state index contributed by atoms with van der Waals surface area (Å²) in [5.41, 5.74) is 0. The zero-order valence-electron chi connectivity index (χ0n) is 9.96. The van der Waals surface area contributed by atoms with Crippen LogP contribution >= 0.6 is 0 Å². The predicted octanol–water partition coefficient (Wildman–Crippen LogP) is 2.85. The lowest BCUT2D eigenvalue weighted by atomic mass is 9.83. The third-order valence-electron chi connectivity index (χ3n) is 2.55. The highest BCUT2D eigenvalue weighted by atomic mass is 16.1. The Morgan fingerprint density at radius 1 is 1.07 bits per heavy atom. The van der Waals surface area contributed by atoms with E-state index in [9.17, 15) is 9.59 Å². The summed E-state index contributed by atoms with van der Waals surface area (Å²) in [6, 6.07) is 0. The second kappa shape index (κ2) is 5.94. The maximum Gasteiger partial charge on any atom is 0.138 e. The van der Waals surface area contributed by atoms with Crippen LogP contribution in [0.1, 0.15) is 47.5 Å². The van der Waals surface area contributed by atoms with Crippen LogP contribution in [0.5, 0.6) is 0 Å². The first kappa shape index (κ1) is 13.3. The molecule has 0 fully saturated rings. The van der Waals surface area contributed by atoms with Crippen molar-refractivity contribution in [2.45, 2.75) is 47.5 Å². The molecule has 0 bridgehead atoms. The fourth-order valence-electron chi connectivity index (χ4n) is 1.59. The summed E-state index contributed by atoms with van der Waals surface area (Å²) in [6.45, 7) is 9.52. The zero-order valence-corrected chi connectivity index (χ0v) is 9.96. The molecular weight excluding hydrogens is 176 g/mol. The molecule has 2 heteroatoms. The third kappa shape index (κ3) is 4.54. The van der Waals surface area contributed by atoms with E-state index in [2.05, 4.69) is 0 Å². The lowest BCUT2D eigenvalue weighted by molar-refractivity contribution is -0.127. The first-order chi connectivity index (χ1) is 6.36. The summed E-state index contributed by atoms with van der Waals surface area (Å²) in [7, 11) is 0. The quantitative estimate of drug-likeness (QED) is 0.657. The van der Waals surface area contributed by atoms with Gasteiger partial charge in [-0.05, 0) is 19.3 Å². The Kier molecular flexibility index (Phi) is 5.66. The molecule has 0 aromatic heterocycles. The topological polar surface area (TPSA) is 34.1 Å². The lowest BCUT2D eigenvalue weighted by Crippen LogP contribution is -2.25. The molecule has 0 saturated heterocycles. The Labute approximate surface area is 87.1 Å². The largest absolute Gasteiger partial charge is 0.300 e. The number of Topliss-reactive ketones (excluding diaryl/α,β-unsaturated/α-hetero) is 2. The van der Waals surface area contributed by atoms with E-state index in [4.69, 9.17) is 0 Å². The summed E-state index contributed by atoms with van der Waals surface area (Å²) in [6.07, 6.45) is 1.24. The van der Waals surface area contributed by atoms with Gasteiger partial charge in [0.2, 0.25) is 0 Å². The van der Waals surface area contributed by atoms with Crippen LogP contribution in [0, 0.1) is 17.8 Å². The van der Waals surface area contributed by atoms with Crippen molar-refractivity contribution in [2.24, 2.45) is 17.8 Å². The molecule has 82 valence electrons. The van der Waals surface area contributed by atoms with E-state index >= 15 is 0 Å². The smallest absolute Gasteiger partial charge is 0.138 e. The van der Waals surface area contributed by atoms with Crippen LogP contribution in [-0.4, -0.2) is 11.6 Å². The Balaban J connectivity index is 4.29. The molecule has 0 aliphatic carbocycles. The van der Waals surface area contributed by atoms with Crippen molar-refractivity contribution in [3.8, 4) is 0 Å². The van der Waals surface area contributed by atoms with E-state index in [-0.39, 0.29) is 17.6 Å². The molecule has 1 atom stereocenters. The number of carbonyl (C=O) groups is 2. The Hall–Kier alpha value is -0.660. The van der Waals surface area contributed by atoms with Gasteiger partial charge in [-0.1, -0.05) is 27.7 Å². The summed E-state index contributed by atoms with van der Waals surface area (Å²) in [5.74, 6) is 0.936. The van der Waals surface area contributed by atoms with Gasteiger partial charge < -0.3 is 4.79 Å². The van der Waals surface area contributed by atoms with Crippen molar-refractivity contribution in [3.05, 3.63) is 0 Å². The van der Waals surface area contributed by atoms with Gasteiger partial charge in [-0.15, -0.1) is 0 Å². The molecule has 0 aliphatic rings. The van der Waals surface area contributed by atoms with Crippen LogP contribution in [0.25, 0.3) is 0 Å². The van der Waals surface area contributed by atoms with E-state index in [1.807, 2.05) is 27.7 Å². The van der Waals surface area contributed by atoms with Crippen molar-refractivity contribution in [1.29, 1.82) is 0 Å². The van der Waals surface area contributed by atoms with Crippen molar-refractivity contribution in [3.63, 3.8) is 0 Å². The molecule has 0 rings (SSSR count). The molecule has 0 heterocycles. The van der Waals surface area contributed by atoms with Gasteiger partial charge in [0.15, 0.2) is 0 Å². The monoisotopic (exact) mass is 198 g/mol. The highest BCUT2D eigenvalue weighted by Gasteiger charge is 2.24. The molecule has 0 aromatic carbocycles. The SMILES string of the molecule is CC(=O)CCC(C(=O)C(C)C)C(C)C. The van der Waals surface area contributed by atoms with Crippen molar-refractivity contribution in [1.82, 2.24) is 0 Å². The van der Waals surface area contributed by atoms with Gasteiger partial charge in [-0.2, -0.15) is 0 Å². The molecule has 0 N–H and O–H groups in total. The number of ketones is 2. The normalized spacial score (nSPS) is 13.4.